The van der Waals surface area contributed by atoms with Crippen molar-refractivity contribution in [2.75, 3.05) is 19.6 Å². The highest BCUT2D eigenvalue weighted by atomic mass is 19.3. The van der Waals surface area contributed by atoms with Crippen molar-refractivity contribution in [1.82, 2.24) is 4.90 Å². The Bertz CT molecular complexity index is 392. The zero-order valence-electron chi connectivity index (χ0n) is 11.4. The Morgan fingerprint density at radius 2 is 2.00 bits per heavy atom. The molecule has 2 N–H and O–H groups in total. The molecule has 1 saturated heterocycles. The maximum Gasteiger partial charge on any atom is 0.263 e. The Morgan fingerprint density at radius 3 is 2.58 bits per heavy atom. The monoisotopic (exact) mass is 268 g/mol. The summed E-state index contributed by atoms with van der Waals surface area (Å²) in [5.74, 6) is 1.23. The summed E-state index contributed by atoms with van der Waals surface area (Å²) in [4.78, 5) is 2.37. The quantitative estimate of drug-likeness (QED) is 0.909. The molecular weight excluding hydrogens is 246 g/mol. The van der Waals surface area contributed by atoms with Crippen LogP contribution in [0.25, 0.3) is 0 Å². The van der Waals surface area contributed by atoms with Gasteiger partial charge in [0.15, 0.2) is 0 Å². The van der Waals surface area contributed by atoms with E-state index in [-0.39, 0.29) is 5.56 Å². The summed E-state index contributed by atoms with van der Waals surface area (Å²) in [5, 5.41) is 0. The van der Waals surface area contributed by atoms with Crippen LogP contribution in [0.2, 0.25) is 0 Å². The molecule has 0 aliphatic carbocycles. The Morgan fingerprint density at radius 1 is 1.32 bits per heavy atom. The summed E-state index contributed by atoms with van der Waals surface area (Å²) in [5.41, 5.74) is 6.98. The molecule has 4 heteroatoms. The molecule has 2 atom stereocenters. The van der Waals surface area contributed by atoms with Crippen LogP contribution in [0.4, 0.5) is 8.78 Å². The van der Waals surface area contributed by atoms with Crippen LogP contribution in [-0.4, -0.2) is 24.5 Å². The van der Waals surface area contributed by atoms with Crippen molar-refractivity contribution < 1.29 is 8.78 Å². The topological polar surface area (TPSA) is 29.3 Å². The molecule has 19 heavy (non-hydrogen) atoms. The number of hydrogen-bond donors (Lipinski definition) is 1. The van der Waals surface area contributed by atoms with E-state index in [9.17, 15) is 8.78 Å². The lowest BCUT2D eigenvalue weighted by Crippen LogP contribution is -2.42. The lowest BCUT2D eigenvalue weighted by Gasteiger charge is -2.36. The van der Waals surface area contributed by atoms with Gasteiger partial charge >= 0.3 is 0 Å². The normalized spacial score (nSPS) is 24.9. The predicted molar refractivity (Wildman–Crippen MR) is 73.0 cm³/mol. The standard InChI is InChI=1S/C15H22F2N2/c1-11-6-7-19(10-14(11)8-18)9-12-2-4-13(5-3-12)15(16)17/h2-5,11,14-15H,6-10,18H2,1H3. The van der Waals surface area contributed by atoms with Crippen LogP contribution >= 0.6 is 0 Å². The fraction of sp³-hybridized carbons (Fsp3) is 0.600. The molecule has 0 aromatic heterocycles. The summed E-state index contributed by atoms with van der Waals surface area (Å²) in [7, 11) is 0. The van der Waals surface area contributed by atoms with E-state index < -0.39 is 6.43 Å². The molecular formula is C15H22F2N2. The third-order valence-electron chi connectivity index (χ3n) is 4.14. The van der Waals surface area contributed by atoms with Crippen molar-refractivity contribution >= 4 is 0 Å². The van der Waals surface area contributed by atoms with Gasteiger partial charge in [-0.25, -0.2) is 8.78 Å². The van der Waals surface area contributed by atoms with Crippen molar-refractivity contribution in [1.29, 1.82) is 0 Å². The fourth-order valence-corrected chi connectivity index (χ4v) is 2.70. The number of nitrogens with zero attached hydrogens (tertiary/aromatic N) is 1. The number of likely N-dealkylation sites (tertiary alicyclic amines) is 1. The third-order valence-corrected chi connectivity index (χ3v) is 4.14. The van der Waals surface area contributed by atoms with Crippen molar-refractivity contribution in [2.45, 2.75) is 26.3 Å². The number of hydrogen-bond acceptors (Lipinski definition) is 2. The number of piperidine rings is 1. The van der Waals surface area contributed by atoms with Crippen LogP contribution in [0.5, 0.6) is 0 Å². The van der Waals surface area contributed by atoms with Crippen molar-refractivity contribution in [2.24, 2.45) is 17.6 Å². The molecule has 2 rings (SSSR count). The van der Waals surface area contributed by atoms with E-state index in [0.717, 1.165) is 38.2 Å². The van der Waals surface area contributed by atoms with Crippen LogP contribution in [0.15, 0.2) is 24.3 Å². The average molecular weight is 268 g/mol. The zero-order chi connectivity index (χ0) is 13.8. The Kier molecular flexibility index (Phi) is 4.88. The van der Waals surface area contributed by atoms with Gasteiger partial charge in [0.1, 0.15) is 0 Å². The Hall–Kier alpha value is -1.00. The van der Waals surface area contributed by atoms with Crippen LogP contribution in [-0.2, 0) is 6.54 Å². The number of alkyl halides is 2. The van der Waals surface area contributed by atoms with Crippen LogP contribution in [0, 0.1) is 11.8 Å². The minimum atomic E-state index is -2.38. The molecule has 2 nitrogen and oxygen atoms in total. The molecule has 1 heterocycles. The van der Waals surface area contributed by atoms with E-state index in [1.807, 2.05) is 0 Å². The van der Waals surface area contributed by atoms with E-state index in [0.29, 0.717) is 11.8 Å². The van der Waals surface area contributed by atoms with Gasteiger partial charge < -0.3 is 5.73 Å². The van der Waals surface area contributed by atoms with Gasteiger partial charge in [0.2, 0.25) is 0 Å². The molecule has 0 saturated carbocycles. The Balaban J connectivity index is 1.94. The number of halogens is 2. The summed E-state index contributed by atoms with van der Waals surface area (Å²) in [6.45, 7) is 5.88. The van der Waals surface area contributed by atoms with E-state index >= 15 is 0 Å². The maximum absolute atomic E-state index is 12.5. The maximum atomic E-state index is 12.5. The van der Waals surface area contributed by atoms with Crippen LogP contribution in [0.1, 0.15) is 30.9 Å². The largest absolute Gasteiger partial charge is 0.330 e. The number of rotatable bonds is 4. The van der Waals surface area contributed by atoms with E-state index in [1.165, 1.54) is 12.1 Å². The summed E-state index contributed by atoms with van der Waals surface area (Å²) >= 11 is 0. The molecule has 0 radical (unpaired) electrons. The predicted octanol–water partition coefficient (Wildman–Crippen LogP) is 3.04. The smallest absolute Gasteiger partial charge is 0.263 e. The first-order valence-electron chi connectivity index (χ1n) is 6.89. The van der Waals surface area contributed by atoms with Gasteiger partial charge in [-0.1, -0.05) is 31.2 Å². The first kappa shape index (κ1) is 14.4. The van der Waals surface area contributed by atoms with Gasteiger partial charge in [0.25, 0.3) is 6.43 Å². The molecule has 1 aromatic rings. The molecule has 1 fully saturated rings. The van der Waals surface area contributed by atoms with Gasteiger partial charge in [-0.15, -0.1) is 0 Å². The SMILES string of the molecule is CC1CCN(Cc2ccc(C(F)F)cc2)CC1CN. The highest BCUT2D eigenvalue weighted by Gasteiger charge is 2.24. The zero-order valence-corrected chi connectivity index (χ0v) is 11.4. The summed E-state index contributed by atoms with van der Waals surface area (Å²) < 4.78 is 24.9. The van der Waals surface area contributed by atoms with Gasteiger partial charge in [0, 0.05) is 18.7 Å². The number of benzene rings is 1. The molecule has 2 unspecified atom stereocenters. The minimum Gasteiger partial charge on any atom is -0.330 e. The molecule has 0 spiro atoms. The molecule has 1 aliphatic heterocycles. The lowest BCUT2D eigenvalue weighted by atomic mass is 9.87. The van der Waals surface area contributed by atoms with Crippen molar-refractivity contribution in [3.8, 4) is 0 Å². The summed E-state index contributed by atoms with van der Waals surface area (Å²) in [6, 6.07) is 6.65. The fourth-order valence-electron chi connectivity index (χ4n) is 2.70. The van der Waals surface area contributed by atoms with Gasteiger partial charge in [-0.05, 0) is 36.9 Å². The van der Waals surface area contributed by atoms with Crippen molar-refractivity contribution in [3.05, 3.63) is 35.4 Å². The van der Waals surface area contributed by atoms with Gasteiger partial charge in [-0.3, -0.25) is 4.90 Å². The first-order chi connectivity index (χ1) is 9.10. The molecule has 0 bridgehead atoms. The summed E-state index contributed by atoms with van der Waals surface area (Å²) in [6.07, 6.45) is -1.22. The third kappa shape index (κ3) is 3.74. The van der Waals surface area contributed by atoms with E-state index in [1.54, 1.807) is 12.1 Å². The van der Waals surface area contributed by atoms with Crippen LogP contribution < -0.4 is 5.73 Å². The number of nitrogens with two attached hydrogens (primary N) is 1. The van der Waals surface area contributed by atoms with E-state index in [4.69, 9.17) is 5.73 Å². The lowest BCUT2D eigenvalue weighted by molar-refractivity contribution is 0.126. The molecule has 1 aromatic carbocycles. The molecule has 106 valence electrons. The van der Waals surface area contributed by atoms with Crippen LogP contribution in [0.3, 0.4) is 0 Å². The van der Waals surface area contributed by atoms with Crippen molar-refractivity contribution in [3.63, 3.8) is 0 Å². The second kappa shape index (κ2) is 6.44. The molecule has 1 aliphatic rings. The highest BCUT2D eigenvalue weighted by Crippen LogP contribution is 2.24. The first-order valence-corrected chi connectivity index (χ1v) is 6.89. The molecule has 0 amide bonds. The van der Waals surface area contributed by atoms with Gasteiger partial charge in [0.05, 0.1) is 0 Å². The van der Waals surface area contributed by atoms with Gasteiger partial charge in [-0.2, -0.15) is 0 Å². The highest BCUT2D eigenvalue weighted by molar-refractivity contribution is 5.23. The Labute approximate surface area is 113 Å². The minimum absolute atomic E-state index is 0.0934. The van der Waals surface area contributed by atoms with E-state index in [2.05, 4.69) is 11.8 Å². The second-order valence-corrected chi connectivity index (χ2v) is 5.54. The second-order valence-electron chi connectivity index (χ2n) is 5.54. The average Bonchev–Trinajstić information content (AvgIpc) is 2.41.